The highest BCUT2D eigenvalue weighted by Gasteiger charge is 2.15. The van der Waals surface area contributed by atoms with Crippen LogP contribution >= 0.6 is 0 Å². The van der Waals surface area contributed by atoms with Crippen LogP contribution in [0.4, 0.5) is 0 Å². The Labute approximate surface area is 109 Å². The third kappa shape index (κ3) is 4.31. The summed E-state index contributed by atoms with van der Waals surface area (Å²) in [5.41, 5.74) is 1.28. The number of rotatable bonds is 5. The van der Waals surface area contributed by atoms with Crippen LogP contribution in [-0.4, -0.2) is 30.4 Å². The van der Waals surface area contributed by atoms with Crippen molar-refractivity contribution in [3.63, 3.8) is 0 Å². The third-order valence-corrected chi connectivity index (χ3v) is 3.48. The zero-order valence-electron chi connectivity index (χ0n) is 11.1. The quantitative estimate of drug-likeness (QED) is 0.842. The molecule has 1 aromatic carbocycles. The summed E-state index contributed by atoms with van der Waals surface area (Å²) in [6.07, 6.45) is 4.55. The molecule has 1 heterocycles. The number of nitrogens with one attached hydrogen (secondary N) is 1. The van der Waals surface area contributed by atoms with Gasteiger partial charge in [-0.3, -0.25) is 0 Å². The predicted octanol–water partition coefficient (Wildman–Crippen LogP) is 2.48. The molecule has 0 saturated carbocycles. The van der Waals surface area contributed by atoms with Gasteiger partial charge in [0.1, 0.15) is 5.75 Å². The minimum absolute atomic E-state index is 0.337. The maximum Gasteiger partial charge on any atom is 0.115 e. The van der Waals surface area contributed by atoms with Crippen molar-refractivity contribution in [2.75, 3.05) is 13.2 Å². The summed E-state index contributed by atoms with van der Waals surface area (Å²) in [4.78, 5) is 0. The van der Waals surface area contributed by atoms with Gasteiger partial charge in [0.05, 0.1) is 6.61 Å². The van der Waals surface area contributed by atoms with Gasteiger partial charge < -0.3 is 15.2 Å². The van der Waals surface area contributed by atoms with E-state index in [0.717, 1.165) is 26.1 Å². The molecule has 0 spiro atoms. The molecule has 100 valence electrons. The molecule has 1 aliphatic heterocycles. The Morgan fingerprint density at radius 3 is 2.83 bits per heavy atom. The maximum absolute atomic E-state index is 9.22. The van der Waals surface area contributed by atoms with E-state index in [9.17, 15) is 5.11 Å². The minimum Gasteiger partial charge on any atom is -0.508 e. The fourth-order valence-corrected chi connectivity index (χ4v) is 2.40. The number of aromatic hydroxyl groups is 1. The second kappa shape index (κ2) is 6.76. The highest BCUT2D eigenvalue weighted by molar-refractivity contribution is 5.25. The van der Waals surface area contributed by atoms with Crippen molar-refractivity contribution in [2.45, 2.75) is 44.7 Å². The van der Waals surface area contributed by atoms with E-state index < -0.39 is 0 Å². The molecule has 1 fully saturated rings. The number of hydrogen-bond donors (Lipinski definition) is 2. The molecule has 2 N–H and O–H groups in total. The van der Waals surface area contributed by atoms with Gasteiger partial charge in [-0.2, -0.15) is 0 Å². The first-order chi connectivity index (χ1) is 8.74. The fraction of sp³-hybridized carbons (Fsp3) is 0.600. The van der Waals surface area contributed by atoms with Gasteiger partial charge in [-0.1, -0.05) is 12.1 Å². The van der Waals surface area contributed by atoms with Crippen LogP contribution in [0.25, 0.3) is 0 Å². The highest BCUT2D eigenvalue weighted by atomic mass is 16.5. The molecule has 18 heavy (non-hydrogen) atoms. The van der Waals surface area contributed by atoms with Crippen molar-refractivity contribution < 1.29 is 9.84 Å². The molecule has 1 aliphatic rings. The van der Waals surface area contributed by atoms with Crippen molar-refractivity contribution in [3.05, 3.63) is 29.8 Å². The van der Waals surface area contributed by atoms with Crippen LogP contribution in [0.1, 0.15) is 31.7 Å². The third-order valence-electron chi connectivity index (χ3n) is 3.48. The predicted molar refractivity (Wildman–Crippen MR) is 72.9 cm³/mol. The summed E-state index contributed by atoms with van der Waals surface area (Å²) >= 11 is 0. The van der Waals surface area contributed by atoms with Crippen LogP contribution < -0.4 is 5.32 Å². The Morgan fingerprint density at radius 2 is 2.17 bits per heavy atom. The second-order valence-corrected chi connectivity index (χ2v) is 5.19. The van der Waals surface area contributed by atoms with E-state index in [-0.39, 0.29) is 0 Å². The Bertz CT molecular complexity index is 344. The van der Waals surface area contributed by atoms with Gasteiger partial charge in [0.2, 0.25) is 0 Å². The molecular weight excluding hydrogens is 226 g/mol. The molecule has 1 saturated heterocycles. The first-order valence-corrected chi connectivity index (χ1v) is 6.86. The van der Waals surface area contributed by atoms with Crippen LogP contribution in [0, 0.1) is 0 Å². The highest BCUT2D eigenvalue weighted by Crippen LogP contribution is 2.13. The molecule has 3 heteroatoms. The summed E-state index contributed by atoms with van der Waals surface area (Å²) in [5.74, 6) is 0.337. The number of phenolic OH excluding ortho intramolecular Hbond substituents is 1. The first-order valence-electron chi connectivity index (χ1n) is 6.86. The molecule has 0 bridgehead atoms. The Balaban J connectivity index is 1.70. The average molecular weight is 249 g/mol. The fourth-order valence-electron chi connectivity index (χ4n) is 2.40. The van der Waals surface area contributed by atoms with Gasteiger partial charge in [-0.25, -0.2) is 0 Å². The normalized spacial score (nSPS) is 21.7. The standard InChI is InChI=1S/C15H23NO2/c1-12(16-14-3-2-10-18-11-14)4-5-13-6-8-15(17)9-7-13/h6-9,12,14,16-17H,2-5,10-11H2,1H3. The van der Waals surface area contributed by atoms with Crippen molar-refractivity contribution in [2.24, 2.45) is 0 Å². The summed E-state index contributed by atoms with van der Waals surface area (Å²) in [6.45, 7) is 4.00. The van der Waals surface area contributed by atoms with E-state index in [2.05, 4.69) is 12.2 Å². The van der Waals surface area contributed by atoms with E-state index in [1.54, 1.807) is 12.1 Å². The van der Waals surface area contributed by atoms with Crippen LogP contribution in [-0.2, 0) is 11.2 Å². The zero-order valence-corrected chi connectivity index (χ0v) is 11.1. The largest absolute Gasteiger partial charge is 0.508 e. The van der Waals surface area contributed by atoms with Gasteiger partial charge in [0, 0.05) is 18.7 Å². The van der Waals surface area contributed by atoms with E-state index in [1.165, 1.54) is 18.4 Å². The molecule has 1 aromatic rings. The Kier molecular flexibility index (Phi) is 5.02. The Hall–Kier alpha value is -1.06. The van der Waals surface area contributed by atoms with E-state index in [0.29, 0.717) is 17.8 Å². The topological polar surface area (TPSA) is 41.5 Å². The number of phenols is 1. The van der Waals surface area contributed by atoms with Crippen LogP contribution in [0.3, 0.4) is 0 Å². The lowest BCUT2D eigenvalue weighted by molar-refractivity contribution is 0.0667. The average Bonchev–Trinajstić information content (AvgIpc) is 2.39. The van der Waals surface area contributed by atoms with E-state index >= 15 is 0 Å². The van der Waals surface area contributed by atoms with Crippen molar-refractivity contribution in [1.29, 1.82) is 0 Å². The van der Waals surface area contributed by atoms with Crippen molar-refractivity contribution in [1.82, 2.24) is 5.32 Å². The number of benzene rings is 1. The first kappa shape index (κ1) is 13.4. The molecule has 0 radical (unpaired) electrons. The van der Waals surface area contributed by atoms with Crippen molar-refractivity contribution in [3.8, 4) is 5.75 Å². The summed E-state index contributed by atoms with van der Waals surface area (Å²) in [6, 6.07) is 8.52. The molecule has 2 unspecified atom stereocenters. The van der Waals surface area contributed by atoms with Crippen LogP contribution in [0.5, 0.6) is 5.75 Å². The minimum atomic E-state index is 0.337. The van der Waals surface area contributed by atoms with Gasteiger partial charge in [-0.15, -0.1) is 0 Å². The summed E-state index contributed by atoms with van der Waals surface area (Å²) in [5, 5.41) is 12.9. The Morgan fingerprint density at radius 1 is 1.39 bits per heavy atom. The van der Waals surface area contributed by atoms with Gasteiger partial charge in [0.15, 0.2) is 0 Å². The monoisotopic (exact) mass is 249 g/mol. The van der Waals surface area contributed by atoms with E-state index in [4.69, 9.17) is 4.74 Å². The second-order valence-electron chi connectivity index (χ2n) is 5.19. The molecule has 0 aromatic heterocycles. The van der Waals surface area contributed by atoms with Crippen LogP contribution in [0.2, 0.25) is 0 Å². The van der Waals surface area contributed by atoms with Gasteiger partial charge in [-0.05, 0) is 50.3 Å². The molecule has 2 atom stereocenters. The zero-order chi connectivity index (χ0) is 12.8. The lowest BCUT2D eigenvalue weighted by Crippen LogP contribution is -2.42. The molecule has 0 amide bonds. The lowest BCUT2D eigenvalue weighted by Gasteiger charge is -2.26. The molecule has 3 nitrogen and oxygen atoms in total. The summed E-state index contributed by atoms with van der Waals surface area (Å²) < 4.78 is 5.47. The van der Waals surface area contributed by atoms with Gasteiger partial charge in [0.25, 0.3) is 0 Å². The number of hydrogen-bond acceptors (Lipinski definition) is 3. The summed E-state index contributed by atoms with van der Waals surface area (Å²) in [7, 11) is 0. The SMILES string of the molecule is CC(CCc1ccc(O)cc1)NC1CCCOC1. The van der Waals surface area contributed by atoms with Gasteiger partial charge >= 0.3 is 0 Å². The smallest absolute Gasteiger partial charge is 0.115 e. The number of ether oxygens (including phenoxy) is 1. The van der Waals surface area contributed by atoms with Crippen molar-refractivity contribution >= 4 is 0 Å². The maximum atomic E-state index is 9.22. The molecule has 0 aliphatic carbocycles. The molecular formula is C15H23NO2. The number of aryl methyl sites for hydroxylation is 1. The lowest BCUT2D eigenvalue weighted by atomic mass is 10.0. The molecule has 2 rings (SSSR count). The van der Waals surface area contributed by atoms with E-state index in [1.807, 2.05) is 12.1 Å². The van der Waals surface area contributed by atoms with Crippen LogP contribution in [0.15, 0.2) is 24.3 Å².